The minimum Gasteiger partial charge on any atom is -0.473 e. The monoisotopic (exact) mass is 338 g/mol. The fourth-order valence-corrected chi connectivity index (χ4v) is 2.05. The number of rotatable bonds is 6. The van der Waals surface area contributed by atoms with Crippen LogP contribution in [0.15, 0.2) is 48.7 Å². The molecule has 0 spiro atoms. The van der Waals surface area contributed by atoms with Gasteiger partial charge in [0.2, 0.25) is 5.88 Å². The van der Waals surface area contributed by atoms with Crippen molar-refractivity contribution in [2.24, 2.45) is 0 Å². The van der Waals surface area contributed by atoms with Crippen molar-refractivity contribution in [1.29, 1.82) is 0 Å². The lowest BCUT2D eigenvalue weighted by molar-refractivity contribution is -0.140. The molecule has 0 unspecified atom stereocenters. The summed E-state index contributed by atoms with van der Waals surface area (Å²) >= 11 is 0. The van der Waals surface area contributed by atoms with Crippen molar-refractivity contribution in [3.8, 4) is 5.88 Å². The third kappa shape index (κ3) is 5.26. The second-order valence-corrected chi connectivity index (χ2v) is 5.09. The molecule has 1 aromatic heterocycles. The summed E-state index contributed by atoms with van der Waals surface area (Å²) in [7, 11) is 0. The number of aromatic nitrogens is 1. The van der Waals surface area contributed by atoms with Crippen LogP contribution in [0.3, 0.4) is 0 Å². The molecule has 0 aliphatic rings. The third-order valence-electron chi connectivity index (χ3n) is 3.25. The van der Waals surface area contributed by atoms with E-state index in [4.69, 9.17) is 4.74 Å². The molecule has 0 bridgehead atoms. The number of amides is 1. The Morgan fingerprint density at radius 3 is 2.42 bits per heavy atom. The third-order valence-corrected chi connectivity index (χ3v) is 3.25. The number of hydrogen-bond donors (Lipinski definition) is 0. The molecule has 0 fully saturated rings. The average molecular weight is 338 g/mol. The summed E-state index contributed by atoms with van der Waals surface area (Å²) in [6, 6.07) is 12.3. The number of nitrogens with zero attached hydrogens (tertiary/aromatic N) is 2. The molecule has 2 rings (SSSR count). The van der Waals surface area contributed by atoms with Gasteiger partial charge in [0.1, 0.15) is 13.2 Å². The van der Waals surface area contributed by atoms with E-state index in [1.807, 2.05) is 30.3 Å². The zero-order valence-electron chi connectivity index (χ0n) is 13.1. The lowest BCUT2D eigenvalue weighted by atomic mass is 10.2. The van der Waals surface area contributed by atoms with Gasteiger partial charge in [-0.1, -0.05) is 30.3 Å². The zero-order chi connectivity index (χ0) is 17.6. The average Bonchev–Trinajstić information content (AvgIpc) is 2.58. The molecule has 0 radical (unpaired) electrons. The quantitative estimate of drug-likeness (QED) is 0.807. The molecule has 2 aromatic rings. The Kier molecular flexibility index (Phi) is 5.78. The Hall–Kier alpha value is -2.57. The van der Waals surface area contributed by atoms with Gasteiger partial charge >= 0.3 is 6.18 Å². The minimum atomic E-state index is -4.43. The number of carbonyl (C=O) groups is 1. The number of benzene rings is 1. The molecule has 0 aliphatic heterocycles. The molecular weight excluding hydrogens is 321 g/mol. The van der Waals surface area contributed by atoms with Gasteiger partial charge in [0.15, 0.2) is 0 Å². The first-order chi connectivity index (χ1) is 11.4. The smallest absolute Gasteiger partial charge is 0.406 e. The summed E-state index contributed by atoms with van der Waals surface area (Å²) in [5.74, 6) is -0.411. The van der Waals surface area contributed by atoms with E-state index in [-0.39, 0.29) is 12.1 Å². The maximum atomic E-state index is 12.5. The van der Waals surface area contributed by atoms with Gasteiger partial charge in [-0.2, -0.15) is 13.2 Å². The number of alkyl halides is 3. The molecule has 0 N–H and O–H groups in total. The molecule has 1 heterocycles. The van der Waals surface area contributed by atoms with Gasteiger partial charge in [0.05, 0.1) is 5.56 Å². The van der Waals surface area contributed by atoms with Crippen molar-refractivity contribution in [2.75, 3.05) is 13.1 Å². The second kappa shape index (κ2) is 7.81. The van der Waals surface area contributed by atoms with Crippen LogP contribution < -0.4 is 4.74 Å². The van der Waals surface area contributed by atoms with E-state index in [1.165, 1.54) is 25.3 Å². The Labute approximate surface area is 137 Å². The molecule has 4 nitrogen and oxygen atoms in total. The number of halogens is 3. The topological polar surface area (TPSA) is 42.4 Å². The lowest BCUT2D eigenvalue weighted by Gasteiger charge is -2.22. The highest BCUT2D eigenvalue weighted by Gasteiger charge is 2.32. The largest absolute Gasteiger partial charge is 0.473 e. The summed E-state index contributed by atoms with van der Waals surface area (Å²) < 4.78 is 42.9. The highest BCUT2D eigenvalue weighted by Crippen LogP contribution is 2.18. The molecule has 7 heteroatoms. The Balaban J connectivity index is 1.98. The fourth-order valence-electron chi connectivity index (χ4n) is 2.05. The first kappa shape index (κ1) is 17.8. The summed E-state index contributed by atoms with van der Waals surface area (Å²) in [6.45, 7) is 0.490. The van der Waals surface area contributed by atoms with E-state index in [9.17, 15) is 18.0 Å². The van der Waals surface area contributed by atoms with Gasteiger partial charge in [0, 0.05) is 18.8 Å². The number of hydrogen-bond acceptors (Lipinski definition) is 3. The van der Waals surface area contributed by atoms with Crippen LogP contribution in [-0.2, 0) is 6.61 Å². The SMILES string of the molecule is CCN(CC(F)(F)F)C(=O)c1ccc(OCc2ccccc2)nc1. The van der Waals surface area contributed by atoms with Crippen LogP contribution in [0.5, 0.6) is 5.88 Å². The van der Waals surface area contributed by atoms with Crippen LogP contribution in [0.2, 0.25) is 0 Å². The number of pyridine rings is 1. The lowest BCUT2D eigenvalue weighted by Crippen LogP contribution is -2.38. The van der Waals surface area contributed by atoms with Gasteiger partial charge in [-0.3, -0.25) is 4.79 Å². The van der Waals surface area contributed by atoms with Gasteiger partial charge in [-0.15, -0.1) is 0 Å². The maximum absolute atomic E-state index is 12.5. The molecule has 0 saturated heterocycles. The van der Waals surface area contributed by atoms with Crippen molar-refractivity contribution < 1.29 is 22.7 Å². The molecule has 1 amide bonds. The van der Waals surface area contributed by atoms with Crippen molar-refractivity contribution >= 4 is 5.91 Å². The Bertz CT molecular complexity index is 658. The minimum absolute atomic E-state index is 0.0371. The number of ether oxygens (including phenoxy) is 1. The molecule has 0 aliphatic carbocycles. The molecule has 1 aromatic carbocycles. The van der Waals surface area contributed by atoms with Crippen molar-refractivity contribution in [3.63, 3.8) is 0 Å². The van der Waals surface area contributed by atoms with Crippen LogP contribution in [0, 0.1) is 0 Å². The van der Waals surface area contributed by atoms with Gasteiger partial charge in [0.25, 0.3) is 5.91 Å². The summed E-state index contributed by atoms with van der Waals surface area (Å²) in [5, 5.41) is 0. The van der Waals surface area contributed by atoms with Gasteiger partial charge < -0.3 is 9.64 Å². The molecule has 24 heavy (non-hydrogen) atoms. The summed E-state index contributed by atoms with van der Waals surface area (Å²) in [4.78, 5) is 16.8. The maximum Gasteiger partial charge on any atom is 0.406 e. The fraction of sp³-hybridized carbons (Fsp3) is 0.294. The predicted molar refractivity (Wildman–Crippen MR) is 82.6 cm³/mol. The Morgan fingerprint density at radius 1 is 1.17 bits per heavy atom. The normalized spacial score (nSPS) is 11.2. The summed E-state index contributed by atoms with van der Waals surface area (Å²) in [5.41, 5.74) is 1.05. The van der Waals surface area contributed by atoms with E-state index < -0.39 is 18.6 Å². The number of carbonyl (C=O) groups excluding carboxylic acids is 1. The highest BCUT2D eigenvalue weighted by atomic mass is 19.4. The van der Waals surface area contributed by atoms with Crippen LogP contribution in [0.4, 0.5) is 13.2 Å². The van der Waals surface area contributed by atoms with Crippen molar-refractivity contribution in [3.05, 3.63) is 59.8 Å². The summed E-state index contributed by atoms with van der Waals surface area (Å²) in [6.07, 6.45) is -3.21. The Morgan fingerprint density at radius 2 is 1.88 bits per heavy atom. The van der Waals surface area contributed by atoms with E-state index in [2.05, 4.69) is 4.98 Å². The first-order valence-electron chi connectivity index (χ1n) is 7.38. The van der Waals surface area contributed by atoms with E-state index in [0.29, 0.717) is 12.5 Å². The molecule has 0 atom stereocenters. The predicted octanol–water partition coefficient (Wildman–Crippen LogP) is 3.69. The van der Waals surface area contributed by atoms with Gasteiger partial charge in [-0.25, -0.2) is 4.98 Å². The van der Waals surface area contributed by atoms with E-state index in [0.717, 1.165) is 10.5 Å². The van der Waals surface area contributed by atoms with Crippen LogP contribution in [0.1, 0.15) is 22.8 Å². The first-order valence-corrected chi connectivity index (χ1v) is 7.38. The molecular formula is C17H17F3N2O2. The van der Waals surface area contributed by atoms with Crippen LogP contribution in [-0.4, -0.2) is 35.1 Å². The zero-order valence-corrected chi connectivity index (χ0v) is 13.1. The van der Waals surface area contributed by atoms with E-state index in [1.54, 1.807) is 0 Å². The van der Waals surface area contributed by atoms with Crippen LogP contribution >= 0.6 is 0 Å². The molecule has 0 saturated carbocycles. The van der Waals surface area contributed by atoms with Crippen LogP contribution in [0.25, 0.3) is 0 Å². The van der Waals surface area contributed by atoms with E-state index >= 15 is 0 Å². The van der Waals surface area contributed by atoms with Crippen molar-refractivity contribution in [1.82, 2.24) is 9.88 Å². The highest BCUT2D eigenvalue weighted by molar-refractivity contribution is 5.94. The molecule has 128 valence electrons. The standard InChI is InChI=1S/C17H17F3N2O2/c1-2-22(12-17(18,19)20)16(23)14-8-9-15(21-10-14)24-11-13-6-4-3-5-7-13/h3-10H,2,11-12H2,1H3. The second-order valence-electron chi connectivity index (χ2n) is 5.09. The van der Waals surface area contributed by atoms with Gasteiger partial charge in [-0.05, 0) is 18.6 Å². The van der Waals surface area contributed by atoms with Crippen molar-refractivity contribution in [2.45, 2.75) is 19.7 Å².